The van der Waals surface area contributed by atoms with Gasteiger partial charge in [-0.05, 0) is 36.4 Å². The average Bonchev–Trinajstić information content (AvgIpc) is 2.78. The Labute approximate surface area is 200 Å². The third-order valence-corrected chi connectivity index (χ3v) is 7.25. The summed E-state index contributed by atoms with van der Waals surface area (Å²) in [4.78, 5) is 12.5. The van der Waals surface area contributed by atoms with Gasteiger partial charge in [0.1, 0.15) is 11.6 Å². The number of amides is 1. The van der Waals surface area contributed by atoms with E-state index in [0.29, 0.717) is 18.2 Å². The van der Waals surface area contributed by atoms with Crippen LogP contribution < -0.4 is 10.6 Å². The van der Waals surface area contributed by atoms with Crippen LogP contribution in [0.25, 0.3) is 0 Å². The minimum atomic E-state index is -3.75. The molecule has 0 unspecified atom stereocenters. The predicted molar refractivity (Wildman–Crippen MR) is 123 cm³/mol. The van der Waals surface area contributed by atoms with Gasteiger partial charge in [-0.15, -0.1) is 0 Å². The number of anilines is 2. The SMILES string of the molecule is N#C/C(=C/Nc1cc(S(=O)(=O)N2CCOCC2)ccc1Cl)C(=O)Nc1cc(Cl)ccc1Cl. The first-order chi connectivity index (χ1) is 15.2. The second kappa shape index (κ2) is 10.5. The number of halogens is 3. The molecule has 32 heavy (non-hydrogen) atoms. The number of nitrogens with one attached hydrogen (secondary N) is 2. The molecular weight excluding hydrogens is 499 g/mol. The summed E-state index contributed by atoms with van der Waals surface area (Å²) >= 11 is 18.1. The van der Waals surface area contributed by atoms with E-state index in [1.165, 1.54) is 34.6 Å². The van der Waals surface area contributed by atoms with Gasteiger partial charge in [0.15, 0.2) is 0 Å². The van der Waals surface area contributed by atoms with Crippen LogP contribution in [-0.4, -0.2) is 44.9 Å². The van der Waals surface area contributed by atoms with Crippen molar-refractivity contribution in [1.82, 2.24) is 4.31 Å². The van der Waals surface area contributed by atoms with Gasteiger partial charge in [-0.25, -0.2) is 8.42 Å². The summed E-state index contributed by atoms with van der Waals surface area (Å²) in [5.41, 5.74) is 0.155. The largest absolute Gasteiger partial charge is 0.379 e. The van der Waals surface area contributed by atoms with Gasteiger partial charge < -0.3 is 15.4 Å². The summed E-state index contributed by atoms with van der Waals surface area (Å²) in [6.07, 6.45) is 1.13. The maximum absolute atomic E-state index is 12.9. The van der Waals surface area contributed by atoms with Crippen LogP contribution in [-0.2, 0) is 19.6 Å². The van der Waals surface area contributed by atoms with Crippen LogP contribution in [0.4, 0.5) is 11.4 Å². The van der Waals surface area contributed by atoms with E-state index in [0.717, 1.165) is 6.20 Å². The highest BCUT2D eigenvalue weighted by Crippen LogP contribution is 2.28. The molecule has 0 atom stereocenters. The van der Waals surface area contributed by atoms with Crippen molar-refractivity contribution >= 4 is 62.1 Å². The number of sulfonamides is 1. The van der Waals surface area contributed by atoms with Crippen LogP contribution in [0.15, 0.2) is 53.1 Å². The monoisotopic (exact) mass is 514 g/mol. The summed E-state index contributed by atoms with van der Waals surface area (Å²) in [6.45, 7) is 1.13. The Bertz CT molecular complexity index is 1210. The van der Waals surface area contributed by atoms with Gasteiger partial charge in [-0.3, -0.25) is 4.79 Å². The molecule has 2 aromatic carbocycles. The molecule has 0 saturated carbocycles. The maximum atomic E-state index is 12.9. The molecule has 1 amide bonds. The Morgan fingerprint density at radius 3 is 2.41 bits per heavy atom. The number of nitriles is 1. The molecule has 3 rings (SSSR count). The molecule has 1 saturated heterocycles. The van der Waals surface area contributed by atoms with Crippen molar-refractivity contribution in [2.45, 2.75) is 4.90 Å². The highest BCUT2D eigenvalue weighted by atomic mass is 35.5. The summed E-state index contributed by atoms with van der Waals surface area (Å²) in [7, 11) is -3.75. The van der Waals surface area contributed by atoms with E-state index in [2.05, 4.69) is 10.6 Å². The number of carbonyl (C=O) groups is 1. The van der Waals surface area contributed by atoms with Gasteiger partial charge in [0, 0.05) is 24.3 Å². The first-order valence-electron chi connectivity index (χ1n) is 9.23. The second-order valence-corrected chi connectivity index (χ2v) is 9.74. The number of benzene rings is 2. The van der Waals surface area contributed by atoms with Crippen molar-refractivity contribution in [1.29, 1.82) is 5.26 Å². The first-order valence-corrected chi connectivity index (χ1v) is 11.8. The minimum Gasteiger partial charge on any atom is -0.379 e. The molecule has 1 aliphatic heterocycles. The Hall–Kier alpha value is -2.32. The van der Waals surface area contributed by atoms with Crippen LogP contribution in [0.2, 0.25) is 15.1 Å². The first kappa shape index (κ1) is 24.3. The Morgan fingerprint density at radius 1 is 1.06 bits per heavy atom. The standard InChI is InChI=1S/C20H17Cl3N4O4S/c21-14-1-3-17(23)19(9-14)26-20(28)13(11-24)12-25-18-10-15(2-4-16(18)22)32(29,30)27-5-7-31-8-6-27/h1-4,9-10,12,25H,5-8H2,(H,26,28)/b13-12-. The van der Waals surface area contributed by atoms with E-state index in [-0.39, 0.29) is 45.0 Å². The molecule has 0 aliphatic carbocycles. The van der Waals surface area contributed by atoms with Crippen molar-refractivity contribution in [3.8, 4) is 6.07 Å². The third-order valence-electron chi connectivity index (χ3n) is 4.46. The van der Waals surface area contributed by atoms with E-state index < -0.39 is 15.9 Å². The zero-order valence-electron chi connectivity index (χ0n) is 16.4. The van der Waals surface area contributed by atoms with Crippen LogP contribution >= 0.6 is 34.8 Å². The summed E-state index contributed by atoms with van der Waals surface area (Å²) in [5.74, 6) is -0.739. The summed E-state index contributed by atoms with van der Waals surface area (Å²) in [5, 5.41) is 15.4. The van der Waals surface area contributed by atoms with E-state index in [9.17, 15) is 18.5 Å². The van der Waals surface area contributed by atoms with Gasteiger partial charge in [0.25, 0.3) is 5.91 Å². The minimum absolute atomic E-state index is 0.0216. The van der Waals surface area contributed by atoms with E-state index in [1.54, 1.807) is 12.1 Å². The number of nitrogens with zero attached hydrogens (tertiary/aromatic N) is 2. The Kier molecular flexibility index (Phi) is 8.00. The van der Waals surface area contributed by atoms with Crippen molar-refractivity contribution in [2.24, 2.45) is 0 Å². The number of hydrogen-bond donors (Lipinski definition) is 2. The van der Waals surface area contributed by atoms with Crippen molar-refractivity contribution in [2.75, 3.05) is 36.9 Å². The summed E-state index contributed by atoms with van der Waals surface area (Å²) < 4.78 is 32.2. The number of morpholine rings is 1. The molecule has 8 nitrogen and oxygen atoms in total. The highest BCUT2D eigenvalue weighted by molar-refractivity contribution is 7.89. The normalized spacial score (nSPS) is 15.1. The van der Waals surface area contributed by atoms with E-state index in [4.69, 9.17) is 39.5 Å². The molecule has 0 spiro atoms. The number of rotatable bonds is 6. The number of ether oxygens (including phenoxy) is 1. The zero-order chi connectivity index (χ0) is 23.3. The van der Waals surface area contributed by atoms with Crippen LogP contribution in [0.3, 0.4) is 0 Å². The molecular formula is C20H17Cl3N4O4S. The molecule has 1 fully saturated rings. The lowest BCUT2D eigenvalue weighted by Gasteiger charge is -2.26. The average molecular weight is 516 g/mol. The Balaban J connectivity index is 1.81. The fourth-order valence-electron chi connectivity index (χ4n) is 2.79. The molecule has 0 aromatic heterocycles. The number of carbonyl (C=O) groups excluding carboxylic acids is 1. The fourth-order valence-corrected chi connectivity index (χ4v) is 4.74. The molecule has 1 heterocycles. The number of hydrogen-bond acceptors (Lipinski definition) is 6. The van der Waals surface area contributed by atoms with E-state index in [1.807, 2.05) is 0 Å². The topological polar surface area (TPSA) is 112 Å². The van der Waals surface area contributed by atoms with Gasteiger partial charge in [-0.1, -0.05) is 34.8 Å². The zero-order valence-corrected chi connectivity index (χ0v) is 19.5. The van der Waals surface area contributed by atoms with E-state index >= 15 is 0 Å². The van der Waals surface area contributed by atoms with Gasteiger partial charge in [-0.2, -0.15) is 9.57 Å². The van der Waals surface area contributed by atoms with Gasteiger partial charge in [0.2, 0.25) is 10.0 Å². The summed E-state index contributed by atoms with van der Waals surface area (Å²) in [6, 6.07) is 10.4. The Morgan fingerprint density at radius 2 is 1.72 bits per heavy atom. The van der Waals surface area contributed by atoms with Crippen LogP contribution in [0.1, 0.15) is 0 Å². The van der Waals surface area contributed by atoms with Crippen molar-refractivity contribution < 1.29 is 17.9 Å². The third kappa shape index (κ3) is 5.72. The molecule has 0 radical (unpaired) electrons. The molecule has 12 heteroatoms. The fraction of sp³-hybridized carbons (Fsp3) is 0.200. The predicted octanol–water partition coefficient (Wildman–Crippen LogP) is 4.13. The highest BCUT2D eigenvalue weighted by Gasteiger charge is 2.26. The quantitative estimate of drug-likeness (QED) is 0.442. The lowest BCUT2D eigenvalue weighted by atomic mass is 10.2. The smallest absolute Gasteiger partial charge is 0.267 e. The molecule has 2 N–H and O–H groups in total. The van der Waals surface area contributed by atoms with Crippen LogP contribution in [0, 0.1) is 11.3 Å². The molecule has 2 aromatic rings. The lowest BCUT2D eigenvalue weighted by molar-refractivity contribution is -0.112. The molecule has 1 aliphatic rings. The molecule has 0 bridgehead atoms. The maximum Gasteiger partial charge on any atom is 0.267 e. The second-order valence-electron chi connectivity index (χ2n) is 6.55. The van der Waals surface area contributed by atoms with Gasteiger partial charge >= 0.3 is 0 Å². The van der Waals surface area contributed by atoms with Gasteiger partial charge in [0.05, 0.1) is 39.5 Å². The lowest BCUT2D eigenvalue weighted by Crippen LogP contribution is -2.40. The molecule has 168 valence electrons. The van der Waals surface area contributed by atoms with Crippen molar-refractivity contribution in [3.05, 3.63) is 63.2 Å². The van der Waals surface area contributed by atoms with Crippen molar-refractivity contribution in [3.63, 3.8) is 0 Å². The van der Waals surface area contributed by atoms with Crippen LogP contribution in [0.5, 0.6) is 0 Å².